The van der Waals surface area contributed by atoms with E-state index in [0.717, 1.165) is 5.69 Å². The zero-order valence-electron chi connectivity index (χ0n) is 8.31. The molecular formula is C10H10N4OS. The van der Waals surface area contributed by atoms with E-state index in [1.807, 2.05) is 23.6 Å². The van der Waals surface area contributed by atoms with Crippen molar-refractivity contribution in [1.29, 1.82) is 5.26 Å². The summed E-state index contributed by atoms with van der Waals surface area (Å²) >= 11 is 4.95. The number of hydrazine groups is 1. The number of rotatable bonds is 3. The Hall–Kier alpha value is -1.97. The first-order valence-corrected chi connectivity index (χ1v) is 4.86. The van der Waals surface area contributed by atoms with Crippen LogP contribution in [-0.4, -0.2) is 10.9 Å². The molecule has 0 bridgehead atoms. The number of hydrogen-bond acceptors (Lipinski definition) is 4. The normalized spacial score (nSPS) is 11.0. The number of nitrogens with one attached hydrogen (secondary N) is 2. The Morgan fingerprint density at radius 1 is 1.44 bits per heavy atom. The number of nitriles is 1. The second-order valence-corrected chi connectivity index (χ2v) is 3.37. The predicted molar refractivity (Wildman–Crippen MR) is 64.1 cm³/mol. The molecular weight excluding hydrogens is 224 g/mol. The van der Waals surface area contributed by atoms with Gasteiger partial charge in [0.1, 0.15) is 4.99 Å². The molecule has 0 saturated heterocycles. The average molecular weight is 234 g/mol. The van der Waals surface area contributed by atoms with Crippen LogP contribution in [0.4, 0.5) is 5.69 Å². The number of carbonyl (C=O) groups excluding carboxylic acids is 1. The molecule has 0 aromatic heterocycles. The van der Waals surface area contributed by atoms with Crippen molar-refractivity contribution < 1.29 is 4.79 Å². The van der Waals surface area contributed by atoms with E-state index in [1.54, 1.807) is 18.2 Å². The van der Waals surface area contributed by atoms with Gasteiger partial charge in [-0.05, 0) is 12.1 Å². The highest BCUT2D eigenvalue weighted by molar-refractivity contribution is 7.80. The second-order valence-electron chi connectivity index (χ2n) is 2.93. The summed E-state index contributed by atoms with van der Waals surface area (Å²) in [6, 6.07) is 10.8. The smallest absolute Gasteiger partial charge is 0.258 e. The lowest BCUT2D eigenvalue weighted by atomic mass is 10.1. The van der Waals surface area contributed by atoms with Crippen molar-refractivity contribution in [1.82, 2.24) is 5.43 Å². The lowest BCUT2D eigenvalue weighted by Crippen LogP contribution is -2.40. The van der Waals surface area contributed by atoms with E-state index in [0.29, 0.717) is 0 Å². The summed E-state index contributed by atoms with van der Waals surface area (Å²) in [6.45, 7) is 0. The van der Waals surface area contributed by atoms with Crippen LogP contribution in [0.25, 0.3) is 0 Å². The maximum Gasteiger partial charge on any atom is 0.258 e. The van der Waals surface area contributed by atoms with Gasteiger partial charge in [0.2, 0.25) is 0 Å². The van der Waals surface area contributed by atoms with Gasteiger partial charge in [-0.1, -0.05) is 30.4 Å². The Balaban J connectivity index is 2.72. The van der Waals surface area contributed by atoms with Gasteiger partial charge in [0.25, 0.3) is 5.91 Å². The lowest BCUT2D eigenvalue weighted by Gasteiger charge is -2.11. The zero-order valence-corrected chi connectivity index (χ0v) is 9.12. The van der Waals surface area contributed by atoms with Crippen molar-refractivity contribution >= 4 is 28.8 Å². The number of hydrogen-bond donors (Lipinski definition) is 3. The third kappa shape index (κ3) is 3.02. The summed E-state index contributed by atoms with van der Waals surface area (Å²) in [6.07, 6.45) is 0. The van der Waals surface area contributed by atoms with E-state index < -0.39 is 11.8 Å². The van der Waals surface area contributed by atoms with E-state index in [4.69, 9.17) is 23.3 Å². The molecule has 0 saturated carbocycles. The minimum atomic E-state index is -1.08. The largest absolute Gasteiger partial charge is 0.348 e. The van der Waals surface area contributed by atoms with Gasteiger partial charge >= 0.3 is 0 Å². The van der Waals surface area contributed by atoms with Crippen LogP contribution < -0.4 is 16.6 Å². The molecule has 0 radical (unpaired) electrons. The first-order valence-electron chi connectivity index (χ1n) is 4.45. The molecule has 0 aliphatic rings. The van der Waals surface area contributed by atoms with Crippen LogP contribution in [0, 0.1) is 17.2 Å². The van der Waals surface area contributed by atoms with Crippen LogP contribution in [0.5, 0.6) is 0 Å². The highest BCUT2D eigenvalue weighted by Crippen LogP contribution is 2.08. The molecule has 82 valence electrons. The quantitative estimate of drug-likeness (QED) is 0.307. The number of amides is 1. The van der Waals surface area contributed by atoms with Crippen LogP contribution in [0.3, 0.4) is 0 Å². The Labute approximate surface area is 98.2 Å². The van der Waals surface area contributed by atoms with E-state index in [-0.39, 0.29) is 4.99 Å². The molecule has 1 atom stereocenters. The molecule has 16 heavy (non-hydrogen) atoms. The summed E-state index contributed by atoms with van der Waals surface area (Å²) in [7, 11) is 0. The molecule has 5 nitrogen and oxygen atoms in total. The predicted octanol–water partition coefficient (Wildman–Crippen LogP) is 0.556. The fourth-order valence-electron chi connectivity index (χ4n) is 1.06. The van der Waals surface area contributed by atoms with Crippen LogP contribution in [0.1, 0.15) is 0 Å². The van der Waals surface area contributed by atoms with Gasteiger partial charge in [-0.3, -0.25) is 10.2 Å². The van der Waals surface area contributed by atoms with Crippen molar-refractivity contribution in [2.45, 2.75) is 0 Å². The van der Waals surface area contributed by atoms with Crippen molar-refractivity contribution in [3.8, 4) is 6.07 Å². The van der Waals surface area contributed by atoms with E-state index >= 15 is 0 Å². The zero-order chi connectivity index (χ0) is 12.0. The molecule has 1 unspecified atom stereocenters. The number of para-hydroxylation sites is 1. The Morgan fingerprint density at radius 3 is 2.56 bits per heavy atom. The van der Waals surface area contributed by atoms with Gasteiger partial charge in [-0.2, -0.15) is 5.26 Å². The first kappa shape index (κ1) is 12.1. The van der Waals surface area contributed by atoms with Gasteiger partial charge in [-0.15, -0.1) is 0 Å². The van der Waals surface area contributed by atoms with Crippen LogP contribution in [0.2, 0.25) is 0 Å². The summed E-state index contributed by atoms with van der Waals surface area (Å²) < 4.78 is 0. The maximum absolute atomic E-state index is 11.2. The standard InChI is InChI=1S/C10H10N4OS/c11-6-8(9(15)14-12)10(16)13-7-4-2-1-3-5-7/h1-5,8H,12H2,(H,13,16)(H,14,15). The Morgan fingerprint density at radius 2 is 2.06 bits per heavy atom. The topological polar surface area (TPSA) is 90.9 Å². The van der Waals surface area contributed by atoms with Crippen LogP contribution in [-0.2, 0) is 4.79 Å². The molecule has 0 aliphatic carbocycles. The first-order chi connectivity index (χ1) is 7.69. The highest BCUT2D eigenvalue weighted by Gasteiger charge is 2.21. The van der Waals surface area contributed by atoms with E-state index in [1.165, 1.54) is 0 Å². The minimum absolute atomic E-state index is 0.122. The maximum atomic E-state index is 11.2. The molecule has 4 N–H and O–H groups in total. The fraction of sp³-hybridized carbons (Fsp3) is 0.100. The molecule has 0 aliphatic heterocycles. The summed E-state index contributed by atoms with van der Waals surface area (Å²) in [4.78, 5) is 11.3. The van der Waals surface area contributed by atoms with Crippen molar-refractivity contribution in [3.63, 3.8) is 0 Å². The van der Waals surface area contributed by atoms with Gasteiger partial charge in [0, 0.05) is 5.69 Å². The van der Waals surface area contributed by atoms with Gasteiger partial charge in [0.15, 0.2) is 5.92 Å². The molecule has 1 amide bonds. The summed E-state index contributed by atoms with van der Waals surface area (Å²) in [5, 5.41) is 11.6. The Kier molecular flexibility index (Phi) is 4.39. The van der Waals surface area contributed by atoms with Gasteiger partial charge < -0.3 is 5.32 Å². The number of carbonyl (C=O) groups is 1. The molecule has 0 heterocycles. The molecule has 1 aromatic rings. The van der Waals surface area contributed by atoms with E-state index in [2.05, 4.69) is 5.32 Å². The third-order valence-corrected chi connectivity index (χ3v) is 2.17. The fourth-order valence-corrected chi connectivity index (χ4v) is 1.33. The molecule has 1 rings (SSSR count). The number of nitrogens with two attached hydrogens (primary N) is 1. The SMILES string of the molecule is N#CC(C(=O)NN)C(=S)Nc1ccccc1. The third-order valence-electron chi connectivity index (χ3n) is 1.84. The number of anilines is 1. The Bertz CT molecular complexity index is 426. The highest BCUT2D eigenvalue weighted by atomic mass is 32.1. The number of benzene rings is 1. The van der Waals surface area contributed by atoms with Crippen LogP contribution in [0.15, 0.2) is 30.3 Å². The summed E-state index contributed by atoms with van der Waals surface area (Å²) in [5.74, 6) is 3.23. The average Bonchev–Trinajstić information content (AvgIpc) is 2.31. The number of nitrogens with zero attached hydrogens (tertiary/aromatic N) is 1. The van der Waals surface area contributed by atoms with Crippen molar-refractivity contribution in [3.05, 3.63) is 30.3 Å². The molecule has 6 heteroatoms. The van der Waals surface area contributed by atoms with Crippen molar-refractivity contribution in [2.24, 2.45) is 11.8 Å². The summed E-state index contributed by atoms with van der Waals surface area (Å²) in [5.41, 5.74) is 2.61. The molecule has 1 aromatic carbocycles. The van der Waals surface area contributed by atoms with E-state index in [9.17, 15) is 4.79 Å². The second kappa shape index (κ2) is 5.80. The van der Waals surface area contributed by atoms with Gasteiger partial charge in [0.05, 0.1) is 6.07 Å². The van der Waals surface area contributed by atoms with Crippen LogP contribution >= 0.6 is 12.2 Å². The van der Waals surface area contributed by atoms with Crippen molar-refractivity contribution in [2.75, 3.05) is 5.32 Å². The monoisotopic (exact) mass is 234 g/mol. The molecule has 0 spiro atoms. The molecule has 0 fully saturated rings. The number of thiocarbonyl (C=S) groups is 1. The van der Waals surface area contributed by atoms with Gasteiger partial charge in [-0.25, -0.2) is 5.84 Å². The lowest BCUT2D eigenvalue weighted by molar-refractivity contribution is -0.121. The minimum Gasteiger partial charge on any atom is -0.348 e.